The molecule has 0 aliphatic rings. The average molecular weight is 240 g/mol. The molecule has 0 aliphatic carbocycles. The maximum absolute atomic E-state index is 11.5. The Balaban J connectivity index is 1.97. The Kier molecular flexibility index (Phi) is 6.85. The monoisotopic (exact) mass is 240 g/mol. The van der Waals surface area contributed by atoms with E-state index in [-0.39, 0.29) is 5.91 Å². The van der Waals surface area contributed by atoms with Crippen molar-refractivity contribution in [3.05, 3.63) is 22.4 Å². The van der Waals surface area contributed by atoms with Crippen LogP contribution in [0.1, 0.15) is 35.9 Å². The molecule has 0 aromatic carbocycles. The molecule has 0 radical (unpaired) electrons. The number of hydrogen-bond donors (Lipinski definition) is 2. The Morgan fingerprint density at radius 3 is 2.81 bits per heavy atom. The number of unbranched alkanes of at least 4 members (excludes halogenated alkanes) is 1. The lowest BCUT2D eigenvalue weighted by Gasteiger charge is -2.05. The number of amides is 1. The summed E-state index contributed by atoms with van der Waals surface area (Å²) >= 11 is 1.48. The van der Waals surface area contributed by atoms with Crippen molar-refractivity contribution < 1.29 is 4.79 Å². The second-order valence-electron chi connectivity index (χ2n) is 3.69. The molecular weight excluding hydrogens is 220 g/mol. The van der Waals surface area contributed by atoms with Crippen LogP contribution in [0.5, 0.6) is 0 Å². The van der Waals surface area contributed by atoms with Crippen LogP contribution in [0.4, 0.5) is 0 Å². The minimum atomic E-state index is 0.0450. The highest BCUT2D eigenvalue weighted by Crippen LogP contribution is 2.07. The van der Waals surface area contributed by atoms with Gasteiger partial charge in [0.05, 0.1) is 4.88 Å². The molecule has 2 N–H and O–H groups in total. The molecule has 0 aliphatic heterocycles. The highest BCUT2D eigenvalue weighted by Gasteiger charge is 2.03. The zero-order valence-electron chi connectivity index (χ0n) is 9.79. The molecular formula is C12H20N2OS. The number of thiophene rings is 1. The number of carbonyl (C=O) groups excluding carboxylic acids is 1. The molecule has 0 atom stereocenters. The number of nitrogens with one attached hydrogen (secondary N) is 2. The molecule has 4 heteroatoms. The largest absolute Gasteiger partial charge is 0.351 e. The van der Waals surface area contributed by atoms with Gasteiger partial charge < -0.3 is 10.6 Å². The van der Waals surface area contributed by atoms with Gasteiger partial charge in [0, 0.05) is 6.54 Å². The van der Waals surface area contributed by atoms with Crippen molar-refractivity contribution >= 4 is 17.2 Å². The van der Waals surface area contributed by atoms with E-state index in [0.717, 1.165) is 30.9 Å². The summed E-state index contributed by atoms with van der Waals surface area (Å²) in [7, 11) is 0. The van der Waals surface area contributed by atoms with Crippen molar-refractivity contribution in [1.29, 1.82) is 0 Å². The lowest BCUT2D eigenvalue weighted by molar-refractivity contribution is 0.0957. The maximum atomic E-state index is 11.5. The number of rotatable bonds is 8. The molecule has 1 aromatic rings. The van der Waals surface area contributed by atoms with Gasteiger partial charge in [-0.1, -0.05) is 19.4 Å². The van der Waals surface area contributed by atoms with Crippen LogP contribution in [0, 0.1) is 0 Å². The van der Waals surface area contributed by atoms with E-state index in [9.17, 15) is 4.79 Å². The Labute approximate surface area is 101 Å². The van der Waals surface area contributed by atoms with E-state index in [0.29, 0.717) is 0 Å². The molecule has 1 amide bonds. The standard InChI is InChI=1S/C12H20N2OS/c1-2-3-7-13-8-5-9-14-12(15)11-6-4-10-16-11/h4,6,10,13H,2-3,5,7-9H2,1H3,(H,14,15). The number of carbonyl (C=O) groups is 1. The van der Waals surface area contributed by atoms with E-state index in [4.69, 9.17) is 0 Å². The van der Waals surface area contributed by atoms with Gasteiger partial charge in [-0.3, -0.25) is 4.79 Å². The lowest BCUT2D eigenvalue weighted by Crippen LogP contribution is -2.27. The van der Waals surface area contributed by atoms with E-state index in [1.54, 1.807) is 0 Å². The van der Waals surface area contributed by atoms with Crippen molar-refractivity contribution in [3.63, 3.8) is 0 Å². The summed E-state index contributed by atoms with van der Waals surface area (Å²) in [6.45, 7) is 4.98. The topological polar surface area (TPSA) is 41.1 Å². The van der Waals surface area contributed by atoms with Gasteiger partial charge in [0.2, 0.25) is 0 Å². The predicted molar refractivity (Wildman–Crippen MR) is 69.0 cm³/mol. The SMILES string of the molecule is CCCCNCCCNC(=O)c1cccs1. The highest BCUT2D eigenvalue weighted by molar-refractivity contribution is 7.12. The number of hydrogen-bond acceptors (Lipinski definition) is 3. The zero-order valence-corrected chi connectivity index (χ0v) is 10.6. The van der Waals surface area contributed by atoms with Gasteiger partial charge in [0.1, 0.15) is 0 Å². The molecule has 1 aromatic heterocycles. The van der Waals surface area contributed by atoms with Gasteiger partial charge >= 0.3 is 0 Å². The van der Waals surface area contributed by atoms with E-state index in [2.05, 4.69) is 17.6 Å². The summed E-state index contributed by atoms with van der Waals surface area (Å²) in [5.41, 5.74) is 0. The van der Waals surface area contributed by atoms with E-state index < -0.39 is 0 Å². The second-order valence-corrected chi connectivity index (χ2v) is 4.64. The smallest absolute Gasteiger partial charge is 0.261 e. The summed E-state index contributed by atoms with van der Waals surface area (Å²) in [5.74, 6) is 0.0450. The third-order valence-corrected chi connectivity index (χ3v) is 3.14. The fourth-order valence-electron chi connectivity index (χ4n) is 1.34. The molecule has 0 fully saturated rings. The summed E-state index contributed by atoms with van der Waals surface area (Å²) in [6, 6.07) is 3.74. The van der Waals surface area contributed by atoms with E-state index >= 15 is 0 Å². The second kappa shape index (κ2) is 8.30. The molecule has 1 rings (SSSR count). The van der Waals surface area contributed by atoms with Crippen LogP contribution in [0.3, 0.4) is 0 Å². The third-order valence-electron chi connectivity index (χ3n) is 2.27. The maximum Gasteiger partial charge on any atom is 0.261 e. The first-order valence-corrected chi connectivity index (χ1v) is 6.75. The molecule has 0 saturated heterocycles. The van der Waals surface area contributed by atoms with Crippen molar-refractivity contribution in [3.8, 4) is 0 Å². The summed E-state index contributed by atoms with van der Waals surface area (Å²) in [5, 5.41) is 8.17. The van der Waals surface area contributed by atoms with Gasteiger partial charge in [0.15, 0.2) is 0 Å². The Hall–Kier alpha value is -0.870. The van der Waals surface area contributed by atoms with Gasteiger partial charge in [-0.15, -0.1) is 11.3 Å². The Morgan fingerprint density at radius 2 is 2.12 bits per heavy atom. The molecule has 3 nitrogen and oxygen atoms in total. The van der Waals surface area contributed by atoms with Crippen molar-refractivity contribution in [1.82, 2.24) is 10.6 Å². The first-order valence-electron chi connectivity index (χ1n) is 5.87. The molecule has 0 unspecified atom stereocenters. The fraction of sp³-hybridized carbons (Fsp3) is 0.583. The minimum Gasteiger partial charge on any atom is -0.351 e. The summed E-state index contributed by atoms with van der Waals surface area (Å²) in [6.07, 6.45) is 3.44. The molecule has 16 heavy (non-hydrogen) atoms. The lowest BCUT2D eigenvalue weighted by atomic mass is 10.3. The molecule has 0 spiro atoms. The summed E-state index contributed by atoms with van der Waals surface area (Å²) in [4.78, 5) is 12.3. The summed E-state index contributed by atoms with van der Waals surface area (Å²) < 4.78 is 0. The van der Waals surface area contributed by atoms with Gasteiger partial charge in [-0.25, -0.2) is 0 Å². The average Bonchev–Trinajstić information content (AvgIpc) is 2.81. The first kappa shape index (κ1) is 13.2. The molecule has 0 bridgehead atoms. The third kappa shape index (κ3) is 5.28. The van der Waals surface area contributed by atoms with Crippen LogP contribution in [0.2, 0.25) is 0 Å². The fourth-order valence-corrected chi connectivity index (χ4v) is 1.98. The van der Waals surface area contributed by atoms with Gasteiger partial charge in [-0.05, 0) is 37.4 Å². The molecule has 0 saturated carbocycles. The quantitative estimate of drug-likeness (QED) is 0.684. The van der Waals surface area contributed by atoms with E-state index in [1.807, 2.05) is 17.5 Å². The highest BCUT2D eigenvalue weighted by atomic mass is 32.1. The Bertz CT molecular complexity index is 285. The minimum absolute atomic E-state index is 0.0450. The molecule has 90 valence electrons. The van der Waals surface area contributed by atoms with Gasteiger partial charge in [-0.2, -0.15) is 0 Å². The van der Waals surface area contributed by atoms with Gasteiger partial charge in [0.25, 0.3) is 5.91 Å². The predicted octanol–water partition coefficient (Wildman–Crippen LogP) is 2.26. The van der Waals surface area contributed by atoms with Crippen LogP contribution in [0.25, 0.3) is 0 Å². The first-order chi connectivity index (χ1) is 7.84. The Morgan fingerprint density at radius 1 is 1.31 bits per heavy atom. The van der Waals surface area contributed by atoms with Crippen LogP contribution < -0.4 is 10.6 Å². The van der Waals surface area contributed by atoms with Crippen LogP contribution in [0.15, 0.2) is 17.5 Å². The normalized spacial score (nSPS) is 10.3. The van der Waals surface area contributed by atoms with Crippen molar-refractivity contribution in [2.24, 2.45) is 0 Å². The van der Waals surface area contributed by atoms with Crippen molar-refractivity contribution in [2.45, 2.75) is 26.2 Å². The van der Waals surface area contributed by atoms with Crippen LogP contribution in [-0.2, 0) is 0 Å². The van der Waals surface area contributed by atoms with Crippen molar-refractivity contribution in [2.75, 3.05) is 19.6 Å². The molecule has 1 heterocycles. The van der Waals surface area contributed by atoms with Crippen LogP contribution in [-0.4, -0.2) is 25.5 Å². The zero-order chi connectivity index (χ0) is 11.6. The van der Waals surface area contributed by atoms with E-state index in [1.165, 1.54) is 24.2 Å². The van der Waals surface area contributed by atoms with Crippen LogP contribution >= 0.6 is 11.3 Å².